The molecule has 0 radical (unpaired) electrons. The molecule has 1 nitrogen and oxygen atoms in total. The Balaban J connectivity index is 1.62. The Kier molecular flexibility index (Phi) is 3.76. The SMILES string of the molecule is Cc1cc(NC2CCC3CCCCC3C2)ccc1F. The number of anilines is 1. The van der Waals surface area contributed by atoms with E-state index in [4.69, 9.17) is 0 Å². The molecule has 0 amide bonds. The van der Waals surface area contributed by atoms with Gasteiger partial charge in [0.05, 0.1) is 0 Å². The highest BCUT2D eigenvalue weighted by Gasteiger charge is 2.31. The van der Waals surface area contributed by atoms with Crippen molar-refractivity contribution in [2.75, 3.05) is 5.32 Å². The van der Waals surface area contributed by atoms with E-state index in [1.807, 2.05) is 19.1 Å². The first-order valence-corrected chi connectivity index (χ1v) is 7.75. The summed E-state index contributed by atoms with van der Waals surface area (Å²) in [5, 5.41) is 3.62. The van der Waals surface area contributed by atoms with Crippen molar-refractivity contribution in [3.05, 3.63) is 29.6 Å². The first kappa shape index (κ1) is 13.0. The van der Waals surface area contributed by atoms with Crippen LogP contribution in [0.15, 0.2) is 18.2 Å². The number of aryl methyl sites for hydroxylation is 1. The number of hydrogen-bond donors (Lipinski definition) is 1. The second-order valence-corrected chi connectivity index (χ2v) is 6.42. The van der Waals surface area contributed by atoms with Gasteiger partial charge in [-0.1, -0.05) is 25.7 Å². The Morgan fingerprint density at radius 2 is 1.84 bits per heavy atom. The van der Waals surface area contributed by atoms with E-state index >= 15 is 0 Å². The van der Waals surface area contributed by atoms with Gasteiger partial charge in [-0.25, -0.2) is 4.39 Å². The molecule has 2 aliphatic carbocycles. The van der Waals surface area contributed by atoms with Crippen molar-refractivity contribution in [2.45, 2.75) is 57.9 Å². The van der Waals surface area contributed by atoms with E-state index < -0.39 is 0 Å². The van der Waals surface area contributed by atoms with Crippen molar-refractivity contribution < 1.29 is 4.39 Å². The lowest BCUT2D eigenvalue weighted by Crippen LogP contribution is -2.34. The van der Waals surface area contributed by atoms with Gasteiger partial charge in [0.15, 0.2) is 0 Å². The van der Waals surface area contributed by atoms with Crippen LogP contribution in [-0.4, -0.2) is 6.04 Å². The number of hydrogen-bond acceptors (Lipinski definition) is 1. The molecule has 2 heteroatoms. The molecule has 3 unspecified atom stereocenters. The van der Waals surface area contributed by atoms with Gasteiger partial charge in [0, 0.05) is 11.7 Å². The molecule has 19 heavy (non-hydrogen) atoms. The first-order chi connectivity index (χ1) is 9.22. The molecule has 0 aromatic heterocycles. The van der Waals surface area contributed by atoms with E-state index in [0.717, 1.165) is 23.1 Å². The lowest BCUT2D eigenvalue weighted by molar-refractivity contribution is 0.162. The summed E-state index contributed by atoms with van der Waals surface area (Å²) in [5.74, 6) is 1.81. The fourth-order valence-electron chi connectivity index (χ4n) is 3.97. The Labute approximate surface area is 115 Å². The van der Waals surface area contributed by atoms with Gasteiger partial charge < -0.3 is 5.32 Å². The highest BCUT2D eigenvalue weighted by molar-refractivity contribution is 5.46. The van der Waals surface area contributed by atoms with Gasteiger partial charge in [0.25, 0.3) is 0 Å². The van der Waals surface area contributed by atoms with Crippen molar-refractivity contribution >= 4 is 5.69 Å². The van der Waals surface area contributed by atoms with E-state index in [1.54, 1.807) is 6.07 Å². The Morgan fingerprint density at radius 1 is 1.05 bits per heavy atom. The second kappa shape index (κ2) is 5.52. The third-order valence-corrected chi connectivity index (χ3v) is 5.07. The van der Waals surface area contributed by atoms with Gasteiger partial charge in [-0.15, -0.1) is 0 Å². The summed E-state index contributed by atoms with van der Waals surface area (Å²) in [6.07, 6.45) is 9.69. The van der Waals surface area contributed by atoms with Crippen LogP contribution in [0.25, 0.3) is 0 Å². The summed E-state index contributed by atoms with van der Waals surface area (Å²) in [7, 11) is 0. The summed E-state index contributed by atoms with van der Waals surface area (Å²) >= 11 is 0. The molecule has 3 rings (SSSR count). The monoisotopic (exact) mass is 261 g/mol. The summed E-state index contributed by atoms with van der Waals surface area (Å²) in [6.45, 7) is 1.83. The Bertz CT molecular complexity index is 443. The van der Waals surface area contributed by atoms with Gasteiger partial charge in [-0.05, 0) is 61.8 Å². The third-order valence-electron chi connectivity index (χ3n) is 5.07. The molecule has 104 valence electrons. The van der Waals surface area contributed by atoms with Crippen LogP contribution in [0, 0.1) is 24.6 Å². The quantitative estimate of drug-likeness (QED) is 0.798. The predicted octanol–water partition coefficient (Wildman–Crippen LogP) is 4.90. The predicted molar refractivity (Wildman–Crippen MR) is 77.8 cm³/mol. The minimum Gasteiger partial charge on any atom is -0.382 e. The molecule has 1 aromatic rings. The smallest absolute Gasteiger partial charge is 0.126 e. The van der Waals surface area contributed by atoms with Crippen LogP contribution in [0.4, 0.5) is 10.1 Å². The first-order valence-electron chi connectivity index (χ1n) is 7.75. The van der Waals surface area contributed by atoms with Crippen LogP contribution in [0.5, 0.6) is 0 Å². The van der Waals surface area contributed by atoms with Crippen LogP contribution >= 0.6 is 0 Å². The van der Waals surface area contributed by atoms with E-state index in [0.29, 0.717) is 6.04 Å². The van der Waals surface area contributed by atoms with Gasteiger partial charge in [0.2, 0.25) is 0 Å². The molecule has 0 saturated heterocycles. The van der Waals surface area contributed by atoms with E-state index in [-0.39, 0.29) is 5.82 Å². The average Bonchev–Trinajstić information content (AvgIpc) is 2.43. The maximum absolute atomic E-state index is 13.3. The summed E-state index contributed by atoms with van der Waals surface area (Å²) in [6, 6.07) is 5.96. The van der Waals surface area contributed by atoms with Crippen LogP contribution in [0.2, 0.25) is 0 Å². The number of benzene rings is 1. The molecule has 0 bridgehead atoms. The standard InChI is InChI=1S/C17H24FN/c1-12-10-15(8-9-17(12)18)19-16-7-6-13-4-2-3-5-14(13)11-16/h8-10,13-14,16,19H,2-7,11H2,1H3. The molecule has 3 atom stereocenters. The molecular formula is C17H24FN. The molecule has 0 heterocycles. The van der Waals surface area contributed by atoms with Crippen LogP contribution in [0.1, 0.15) is 50.5 Å². The third kappa shape index (κ3) is 2.93. The number of nitrogens with one attached hydrogen (secondary N) is 1. The molecule has 2 saturated carbocycles. The normalized spacial score (nSPS) is 30.7. The Hall–Kier alpha value is -1.05. The lowest BCUT2D eigenvalue weighted by atomic mass is 9.69. The maximum atomic E-state index is 13.3. The summed E-state index contributed by atoms with van der Waals surface area (Å²) < 4.78 is 13.3. The molecule has 0 aliphatic heterocycles. The zero-order valence-corrected chi connectivity index (χ0v) is 11.8. The number of halogens is 1. The summed E-state index contributed by atoms with van der Waals surface area (Å²) in [4.78, 5) is 0. The largest absolute Gasteiger partial charge is 0.382 e. The fraction of sp³-hybridized carbons (Fsp3) is 0.647. The molecule has 2 aliphatic rings. The highest BCUT2D eigenvalue weighted by Crippen LogP contribution is 2.41. The zero-order chi connectivity index (χ0) is 13.2. The van der Waals surface area contributed by atoms with Crippen molar-refractivity contribution in [1.29, 1.82) is 0 Å². The highest BCUT2D eigenvalue weighted by atomic mass is 19.1. The van der Waals surface area contributed by atoms with Crippen molar-refractivity contribution in [3.63, 3.8) is 0 Å². The molecule has 2 fully saturated rings. The van der Waals surface area contributed by atoms with Gasteiger partial charge in [-0.3, -0.25) is 0 Å². The van der Waals surface area contributed by atoms with E-state index in [9.17, 15) is 4.39 Å². The average molecular weight is 261 g/mol. The minimum absolute atomic E-state index is 0.110. The molecular weight excluding hydrogens is 237 g/mol. The maximum Gasteiger partial charge on any atom is 0.126 e. The molecule has 0 spiro atoms. The zero-order valence-electron chi connectivity index (χ0n) is 11.8. The van der Waals surface area contributed by atoms with Crippen molar-refractivity contribution in [3.8, 4) is 0 Å². The van der Waals surface area contributed by atoms with Crippen molar-refractivity contribution in [2.24, 2.45) is 11.8 Å². The minimum atomic E-state index is -0.110. The lowest BCUT2D eigenvalue weighted by Gasteiger charge is -2.39. The fourth-order valence-corrected chi connectivity index (χ4v) is 3.97. The second-order valence-electron chi connectivity index (χ2n) is 6.42. The van der Waals surface area contributed by atoms with Gasteiger partial charge in [0.1, 0.15) is 5.82 Å². The van der Waals surface area contributed by atoms with Crippen LogP contribution < -0.4 is 5.32 Å². The number of fused-ring (bicyclic) bond motifs is 1. The summed E-state index contributed by atoms with van der Waals surface area (Å²) in [5.41, 5.74) is 1.81. The topological polar surface area (TPSA) is 12.0 Å². The Morgan fingerprint density at radius 3 is 2.63 bits per heavy atom. The van der Waals surface area contributed by atoms with Gasteiger partial charge in [-0.2, -0.15) is 0 Å². The van der Waals surface area contributed by atoms with Crippen LogP contribution in [-0.2, 0) is 0 Å². The van der Waals surface area contributed by atoms with E-state index in [2.05, 4.69) is 5.32 Å². The molecule has 1 aromatic carbocycles. The van der Waals surface area contributed by atoms with E-state index in [1.165, 1.54) is 44.9 Å². The van der Waals surface area contributed by atoms with Gasteiger partial charge >= 0.3 is 0 Å². The number of rotatable bonds is 2. The molecule has 1 N–H and O–H groups in total. The van der Waals surface area contributed by atoms with Crippen molar-refractivity contribution in [1.82, 2.24) is 0 Å². The van der Waals surface area contributed by atoms with Crippen LogP contribution in [0.3, 0.4) is 0 Å².